The first-order valence-electron chi connectivity index (χ1n) is 7.22. The second-order valence-corrected chi connectivity index (χ2v) is 9.04. The Morgan fingerprint density at radius 2 is 2.00 bits per heavy atom. The van der Waals surface area contributed by atoms with E-state index in [1.165, 1.54) is 6.07 Å². The Morgan fingerprint density at radius 3 is 2.48 bits per heavy atom. The van der Waals surface area contributed by atoms with Gasteiger partial charge in [0.15, 0.2) is 15.7 Å². The second-order valence-electron chi connectivity index (χ2n) is 6.69. The van der Waals surface area contributed by atoms with Crippen molar-refractivity contribution in [1.82, 2.24) is 4.98 Å². The zero-order chi connectivity index (χ0) is 17.4. The van der Waals surface area contributed by atoms with Crippen LogP contribution in [0, 0.1) is 23.2 Å². The summed E-state index contributed by atoms with van der Waals surface area (Å²) < 4.78 is 24.0. The minimum Gasteiger partial charge on any atom is -0.309 e. The van der Waals surface area contributed by atoms with Crippen molar-refractivity contribution in [2.75, 3.05) is 11.6 Å². The average Bonchev–Trinajstić information content (AvgIpc) is 3.19. The fraction of sp³-hybridized carbons (Fsp3) is 0.500. The summed E-state index contributed by atoms with van der Waals surface area (Å²) in [6, 6.07) is 1.37. The third-order valence-electron chi connectivity index (χ3n) is 3.24. The first-order chi connectivity index (χ1) is 10.5. The molecule has 0 atom stereocenters. The largest absolute Gasteiger partial charge is 0.309 e. The van der Waals surface area contributed by atoms with Crippen LogP contribution >= 0.6 is 11.6 Å². The molecular weight excluding hydrogens is 336 g/mol. The van der Waals surface area contributed by atoms with Crippen molar-refractivity contribution >= 4 is 33.2 Å². The van der Waals surface area contributed by atoms with Crippen LogP contribution in [0.2, 0.25) is 5.15 Å². The number of nitrogens with one attached hydrogen (secondary N) is 1. The predicted octanol–water partition coefficient (Wildman–Crippen LogP) is 2.88. The van der Waals surface area contributed by atoms with Crippen LogP contribution < -0.4 is 5.32 Å². The lowest BCUT2D eigenvalue weighted by Crippen LogP contribution is -2.29. The average molecular weight is 355 g/mol. The maximum atomic E-state index is 12.1. The van der Waals surface area contributed by atoms with E-state index in [2.05, 4.69) is 22.1 Å². The Morgan fingerprint density at radius 1 is 1.39 bits per heavy atom. The number of rotatable bonds is 2. The number of pyridine rings is 1. The van der Waals surface area contributed by atoms with Crippen LogP contribution in [-0.4, -0.2) is 25.6 Å². The molecule has 0 aliphatic heterocycles. The Kier molecular flexibility index (Phi) is 4.74. The van der Waals surface area contributed by atoms with Gasteiger partial charge in [-0.15, -0.1) is 0 Å². The summed E-state index contributed by atoms with van der Waals surface area (Å²) in [6.45, 7) is 5.17. The number of halogens is 1. The molecule has 1 aromatic rings. The van der Waals surface area contributed by atoms with Gasteiger partial charge in [-0.05, 0) is 18.9 Å². The van der Waals surface area contributed by atoms with E-state index in [0.717, 1.165) is 19.1 Å². The molecule has 0 aromatic carbocycles. The zero-order valence-corrected chi connectivity index (χ0v) is 15.1. The molecule has 1 aliphatic carbocycles. The molecule has 5 nitrogen and oxygen atoms in total. The fourth-order valence-corrected chi connectivity index (χ4v) is 2.60. The van der Waals surface area contributed by atoms with Gasteiger partial charge in [-0.1, -0.05) is 44.2 Å². The lowest BCUT2D eigenvalue weighted by atomic mass is 9.96. The molecule has 1 aliphatic rings. The van der Waals surface area contributed by atoms with Crippen molar-refractivity contribution in [3.63, 3.8) is 0 Å². The highest BCUT2D eigenvalue weighted by atomic mass is 35.5. The first-order valence-corrected chi connectivity index (χ1v) is 9.49. The van der Waals surface area contributed by atoms with E-state index in [0.29, 0.717) is 11.5 Å². The number of carbonyl (C=O) groups excluding carboxylic acids is 1. The minimum absolute atomic E-state index is 0.0607. The molecule has 23 heavy (non-hydrogen) atoms. The van der Waals surface area contributed by atoms with Crippen LogP contribution in [0.5, 0.6) is 0 Å². The van der Waals surface area contributed by atoms with Crippen molar-refractivity contribution in [3.05, 3.63) is 16.8 Å². The summed E-state index contributed by atoms with van der Waals surface area (Å²) in [5.74, 6) is 5.85. The van der Waals surface area contributed by atoms with E-state index in [-0.39, 0.29) is 21.8 Å². The van der Waals surface area contributed by atoms with E-state index in [1.54, 1.807) is 20.8 Å². The highest BCUT2D eigenvalue weighted by Gasteiger charge is 2.26. The molecular formula is C16H19ClN2O3S. The van der Waals surface area contributed by atoms with Crippen molar-refractivity contribution < 1.29 is 13.2 Å². The summed E-state index contributed by atoms with van der Waals surface area (Å²) in [5.41, 5.74) is -0.333. The number of hydrogen-bond acceptors (Lipinski definition) is 4. The molecule has 1 amide bonds. The number of anilines is 1. The number of nitrogens with zero attached hydrogens (tertiary/aromatic N) is 1. The van der Waals surface area contributed by atoms with Gasteiger partial charge in [0.25, 0.3) is 0 Å². The van der Waals surface area contributed by atoms with Gasteiger partial charge in [0.05, 0.1) is 5.56 Å². The number of amides is 1. The SMILES string of the molecule is CC(C)(C)C(=O)Nc1nc(Cl)c(C#CC2CC2)cc1S(C)(=O)=O. The molecule has 0 unspecified atom stereocenters. The third-order valence-corrected chi connectivity index (χ3v) is 4.64. The topological polar surface area (TPSA) is 76.1 Å². The van der Waals surface area contributed by atoms with Gasteiger partial charge in [0.1, 0.15) is 10.0 Å². The van der Waals surface area contributed by atoms with E-state index >= 15 is 0 Å². The van der Waals surface area contributed by atoms with E-state index < -0.39 is 15.3 Å². The predicted molar refractivity (Wildman–Crippen MR) is 90.0 cm³/mol. The molecule has 0 saturated heterocycles. The highest BCUT2D eigenvalue weighted by Crippen LogP contribution is 2.29. The minimum atomic E-state index is -3.59. The normalized spacial score (nSPS) is 14.8. The molecule has 0 radical (unpaired) electrons. The molecule has 2 rings (SSSR count). The molecule has 1 fully saturated rings. The maximum absolute atomic E-state index is 12.1. The number of aromatic nitrogens is 1. The summed E-state index contributed by atoms with van der Waals surface area (Å²) >= 11 is 6.09. The second kappa shape index (κ2) is 6.14. The van der Waals surface area contributed by atoms with Crippen molar-refractivity contribution in [2.45, 2.75) is 38.5 Å². The van der Waals surface area contributed by atoms with Gasteiger partial charge in [-0.3, -0.25) is 4.79 Å². The fourth-order valence-electron chi connectivity index (χ4n) is 1.63. The summed E-state index contributed by atoms with van der Waals surface area (Å²) in [5, 5.41) is 2.62. The van der Waals surface area contributed by atoms with Crippen molar-refractivity contribution in [2.24, 2.45) is 11.3 Å². The molecule has 124 valence electrons. The smallest absolute Gasteiger partial charge is 0.230 e. The van der Waals surface area contributed by atoms with Gasteiger partial charge in [0.2, 0.25) is 5.91 Å². The standard InChI is InChI=1S/C16H19ClN2O3S/c1-16(2,3)15(20)19-14-12(23(4,21)22)9-11(13(17)18-14)8-7-10-5-6-10/h9-10H,5-6H2,1-4H3,(H,18,19,20). The number of carbonyl (C=O) groups is 1. The number of sulfone groups is 1. The van der Waals surface area contributed by atoms with Crippen LogP contribution in [0.4, 0.5) is 5.82 Å². The van der Waals surface area contributed by atoms with Gasteiger partial charge in [-0.25, -0.2) is 13.4 Å². The first kappa shape index (κ1) is 17.8. The molecule has 7 heteroatoms. The highest BCUT2D eigenvalue weighted by molar-refractivity contribution is 7.90. The zero-order valence-electron chi connectivity index (χ0n) is 13.5. The van der Waals surface area contributed by atoms with Crippen LogP contribution in [0.15, 0.2) is 11.0 Å². The quantitative estimate of drug-likeness (QED) is 0.654. The van der Waals surface area contributed by atoms with E-state index in [4.69, 9.17) is 11.6 Å². The van der Waals surface area contributed by atoms with E-state index in [1.807, 2.05) is 0 Å². The molecule has 1 N–H and O–H groups in total. The van der Waals surface area contributed by atoms with Gasteiger partial charge >= 0.3 is 0 Å². The third kappa shape index (κ3) is 4.69. The van der Waals surface area contributed by atoms with Crippen LogP contribution in [-0.2, 0) is 14.6 Å². The lowest BCUT2D eigenvalue weighted by molar-refractivity contribution is -0.123. The number of hydrogen-bond donors (Lipinski definition) is 1. The molecule has 1 heterocycles. The molecule has 0 spiro atoms. The maximum Gasteiger partial charge on any atom is 0.230 e. The van der Waals surface area contributed by atoms with Gasteiger partial charge < -0.3 is 5.32 Å². The molecule has 1 aromatic heterocycles. The Bertz CT molecular complexity index is 810. The van der Waals surface area contributed by atoms with Gasteiger partial charge in [0, 0.05) is 17.6 Å². The van der Waals surface area contributed by atoms with Crippen LogP contribution in [0.3, 0.4) is 0 Å². The van der Waals surface area contributed by atoms with Gasteiger partial charge in [-0.2, -0.15) is 0 Å². The monoisotopic (exact) mass is 354 g/mol. The van der Waals surface area contributed by atoms with Crippen molar-refractivity contribution in [3.8, 4) is 11.8 Å². The molecule has 1 saturated carbocycles. The lowest BCUT2D eigenvalue weighted by Gasteiger charge is -2.18. The Labute approximate surface area is 141 Å². The molecule has 0 bridgehead atoms. The Hall–Kier alpha value is -1.58. The van der Waals surface area contributed by atoms with E-state index in [9.17, 15) is 13.2 Å². The summed E-state index contributed by atoms with van der Waals surface area (Å²) in [4.78, 5) is 16.1. The summed E-state index contributed by atoms with van der Waals surface area (Å²) in [7, 11) is -3.59. The van der Waals surface area contributed by atoms with Crippen LogP contribution in [0.25, 0.3) is 0 Å². The summed E-state index contributed by atoms with van der Waals surface area (Å²) in [6.07, 6.45) is 3.16. The van der Waals surface area contributed by atoms with Crippen LogP contribution in [0.1, 0.15) is 39.2 Å². The Balaban J connectivity index is 2.48. The van der Waals surface area contributed by atoms with Crippen molar-refractivity contribution in [1.29, 1.82) is 0 Å².